The number of benzene rings is 1. The summed E-state index contributed by atoms with van der Waals surface area (Å²) in [5.74, 6) is -3.55. The summed E-state index contributed by atoms with van der Waals surface area (Å²) in [6.45, 7) is 1.27. The Bertz CT molecular complexity index is 730. The normalized spacial score (nSPS) is 22.9. The van der Waals surface area contributed by atoms with Crippen molar-refractivity contribution in [3.63, 3.8) is 0 Å². The second-order valence-corrected chi connectivity index (χ2v) is 6.42. The number of hydrazone groups is 1. The van der Waals surface area contributed by atoms with Gasteiger partial charge in [0.2, 0.25) is 11.8 Å². The van der Waals surface area contributed by atoms with Gasteiger partial charge in [0.15, 0.2) is 0 Å². The molecule has 1 aromatic rings. The van der Waals surface area contributed by atoms with Crippen LogP contribution in [0.2, 0.25) is 10.0 Å². The molecule has 0 saturated heterocycles. The molecule has 2 unspecified atom stereocenters. The maximum atomic E-state index is 11.3. The second kappa shape index (κ2) is 7.76. The summed E-state index contributed by atoms with van der Waals surface area (Å²) < 4.78 is 0. The highest BCUT2D eigenvalue weighted by Crippen LogP contribution is 2.25. The minimum Gasteiger partial charge on any atom is -0.480 e. The van der Waals surface area contributed by atoms with Crippen molar-refractivity contribution in [2.75, 3.05) is 12.5 Å². The molecule has 1 heterocycles. The van der Waals surface area contributed by atoms with Gasteiger partial charge in [0.1, 0.15) is 12.7 Å². The molecule has 0 saturated carbocycles. The van der Waals surface area contributed by atoms with Gasteiger partial charge in [0, 0.05) is 10.6 Å². The highest BCUT2D eigenvalue weighted by Gasteiger charge is 2.44. The molecular formula is C14H16Cl3N5O3. The van der Waals surface area contributed by atoms with Crippen LogP contribution in [-0.2, 0) is 4.79 Å². The predicted molar refractivity (Wildman–Crippen MR) is 97.0 cm³/mol. The molecule has 4 N–H and O–H groups in total. The van der Waals surface area contributed by atoms with Crippen molar-refractivity contribution < 1.29 is 15.0 Å². The Morgan fingerprint density at radius 2 is 2.24 bits per heavy atom. The van der Waals surface area contributed by atoms with Gasteiger partial charge in [-0.25, -0.2) is 14.9 Å². The van der Waals surface area contributed by atoms with Crippen LogP contribution in [0.4, 0.5) is 0 Å². The van der Waals surface area contributed by atoms with E-state index in [9.17, 15) is 15.0 Å². The van der Waals surface area contributed by atoms with E-state index in [1.807, 2.05) is 0 Å². The lowest BCUT2D eigenvalue weighted by Crippen LogP contribution is -2.63. The van der Waals surface area contributed by atoms with Gasteiger partial charge in [0.25, 0.3) is 0 Å². The largest absolute Gasteiger partial charge is 0.480 e. The number of halogens is 3. The van der Waals surface area contributed by atoms with E-state index >= 15 is 0 Å². The van der Waals surface area contributed by atoms with Gasteiger partial charge >= 0.3 is 5.97 Å². The van der Waals surface area contributed by atoms with Crippen LogP contribution in [0.25, 0.3) is 0 Å². The van der Waals surface area contributed by atoms with Crippen LogP contribution < -0.4 is 5.73 Å². The Hall–Kier alpha value is -1.58. The first kappa shape index (κ1) is 19.7. The first-order valence-corrected chi connectivity index (χ1v) is 8.37. The van der Waals surface area contributed by atoms with Gasteiger partial charge in [0.05, 0.1) is 17.1 Å². The maximum Gasteiger partial charge on any atom is 0.320 e. The Morgan fingerprint density at radius 1 is 1.56 bits per heavy atom. The summed E-state index contributed by atoms with van der Waals surface area (Å²) in [5, 5.41) is 25.9. The number of carbonyl (C=O) groups is 1. The fraction of sp³-hybridized carbons (Fsp3) is 0.357. The number of nitrogens with zero attached hydrogens (tertiary/aromatic N) is 4. The summed E-state index contributed by atoms with van der Waals surface area (Å²) in [7, 11) is 0. The number of carboxylic acid groups (broad SMARTS) is 1. The van der Waals surface area contributed by atoms with Gasteiger partial charge in [-0.3, -0.25) is 4.79 Å². The van der Waals surface area contributed by atoms with Gasteiger partial charge in [-0.15, -0.1) is 11.6 Å². The molecule has 0 aromatic heterocycles. The summed E-state index contributed by atoms with van der Waals surface area (Å²) in [5.41, 5.74) is 6.39. The van der Waals surface area contributed by atoms with Crippen molar-refractivity contribution in [2.24, 2.45) is 15.8 Å². The van der Waals surface area contributed by atoms with Gasteiger partial charge in [-0.05, 0) is 19.1 Å². The monoisotopic (exact) mass is 407 g/mol. The van der Waals surface area contributed by atoms with Crippen molar-refractivity contribution in [1.82, 2.24) is 9.91 Å². The summed E-state index contributed by atoms with van der Waals surface area (Å²) >= 11 is 17.7. The molecule has 0 radical (unpaired) electrons. The molecule has 0 bridgehead atoms. The third-order valence-corrected chi connectivity index (χ3v) is 4.53. The van der Waals surface area contributed by atoms with Gasteiger partial charge < -0.3 is 15.9 Å². The average molecular weight is 409 g/mol. The fourth-order valence-corrected chi connectivity index (χ4v) is 2.81. The molecule has 0 aliphatic carbocycles. The Labute approximate surface area is 159 Å². The van der Waals surface area contributed by atoms with E-state index in [1.165, 1.54) is 23.0 Å². The van der Waals surface area contributed by atoms with E-state index in [0.717, 1.165) is 0 Å². The minimum atomic E-state index is -1.94. The van der Waals surface area contributed by atoms with Crippen molar-refractivity contribution in [3.05, 3.63) is 33.8 Å². The third kappa shape index (κ3) is 4.34. The first-order valence-electron chi connectivity index (χ1n) is 7.07. The van der Waals surface area contributed by atoms with Gasteiger partial charge in [-0.2, -0.15) is 5.10 Å². The van der Waals surface area contributed by atoms with Crippen molar-refractivity contribution in [2.45, 2.75) is 18.8 Å². The number of carboxylic acids is 1. The quantitative estimate of drug-likeness (QED) is 0.503. The summed E-state index contributed by atoms with van der Waals surface area (Å²) in [6.07, 6.45) is 1.43. The molecule has 1 aliphatic rings. The number of aliphatic imine (C=N–C) groups is 1. The average Bonchev–Trinajstić information content (AvgIpc) is 2.54. The molecule has 8 nitrogen and oxygen atoms in total. The van der Waals surface area contributed by atoms with E-state index in [2.05, 4.69) is 10.1 Å². The number of hydrogen-bond acceptors (Lipinski definition) is 7. The standard InChI is InChI=1S/C14H16Cl3N5O3/c1-8(12(23)24)21-7-22(13(18)20-14(21,25)6-15)19-5-9-2-3-10(16)4-11(9)17/h2-5,8,25H,6-7H2,1H3,(H2,18,20)(H,23,24). The molecule has 11 heteroatoms. The second-order valence-electron chi connectivity index (χ2n) is 5.31. The van der Waals surface area contributed by atoms with E-state index in [1.54, 1.807) is 18.2 Å². The van der Waals surface area contributed by atoms with Gasteiger partial charge in [-0.1, -0.05) is 29.3 Å². The summed E-state index contributed by atoms with van der Waals surface area (Å²) in [6, 6.07) is 3.80. The molecule has 1 aromatic carbocycles. The molecule has 0 fully saturated rings. The van der Waals surface area contributed by atoms with Crippen molar-refractivity contribution >= 4 is 52.9 Å². The molecule has 25 heavy (non-hydrogen) atoms. The highest BCUT2D eigenvalue weighted by atomic mass is 35.5. The van der Waals surface area contributed by atoms with Crippen LogP contribution in [0.1, 0.15) is 12.5 Å². The maximum absolute atomic E-state index is 11.3. The van der Waals surface area contributed by atoms with Crippen molar-refractivity contribution in [1.29, 1.82) is 0 Å². The molecule has 2 rings (SSSR count). The SMILES string of the molecule is CC(C(=O)O)N1CN(N=Cc2ccc(Cl)cc2Cl)C(N)=NC1(O)CCl. The Kier molecular flexibility index (Phi) is 6.12. The molecule has 0 amide bonds. The minimum absolute atomic E-state index is 0.113. The van der Waals surface area contributed by atoms with Crippen LogP contribution >= 0.6 is 34.8 Å². The molecule has 136 valence electrons. The lowest BCUT2D eigenvalue weighted by Gasteiger charge is -2.43. The molecule has 0 spiro atoms. The lowest BCUT2D eigenvalue weighted by molar-refractivity contribution is -0.164. The van der Waals surface area contributed by atoms with E-state index in [-0.39, 0.29) is 18.5 Å². The van der Waals surface area contributed by atoms with Crippen LogP contribution in [0.3, 0.4) is 0 Å². The number of aliphatic hydroxyl groups is 1. The number of rotatable bonds is 5. The zero-order valence-corrected chi connectivity index (χ0v) is 15.4. The fourth-order valence-electron chi connectivity index (χ4n) is 2.14. The number of aliphatic carboxylic acids is 1. The van der Waals surface area contributed by atoms with Crippen molar-refractivity contribution in [3.8, 4) is 0 Å². The number of nitrogens with two attached hydrogens (primary N) is 1. The molecule has 1 aliphatic heterocycles. The van der Waals surface area contributed by atoms with Crippen LogP contribution in [0.5, 0.6) is 0 Å². The lowest BCUT2D eigenvalue weighted by atomic mass is 10.2. The number of guanidine groups is 1. The van der Waals surface area contributed by atoms with E-state index in [4.69, 9.17) is 40.5 Å². The number of hydrogen-bond donors (Lipinski definition) is 3. The molecular weight excluding hydrogens is 393 g/mol. The van der Waals surface area contributed by atoms with Crippen LogP contribution in [0.15, 0.2) is 28.3 Å². The topological polar surface area (TPSA) is 115 Å². The Morgan fingerprint density at radius 3 is 2.80 bits per heavy atom. The Balaban J connectivity index is 2.31. The zero-order chi connectivity index (χ0) is 18.8. The summed E-state index contributed by atoms with van der Waals surface area (Å²) in [4.78, 5) is 16.3. The smallest absolute Gasteiger partial charge is 0.320 e. The molecule has 2 atom stereocenters. The number of alkyl halides is 1. The predicted octanol–water partition coefficient (Wildman–Crippen LogP) is 1.58. The van der Waals surface area contributed by atoms with Crippen LogP contribution in [-0.4, -0.2) is 62.7 Å². The van der Waals surface area contributed by atoms with Crippen LogP contribution in [0, 0.1) is 0 Å². The zero-order valence-electron chi connectivity index (χ0n) is 13.1. The third-order valence-electron chi connectivity index (χ3n) is 3.61. The van der Waals surface area contributed by atoms with E-state index in [0.29, 0.717) is 15.6 Å². The highest BCUT2D eigenvalue weighted by molar-refractivity contribution is 6.36. The first-order chi connectivity index (χ1) is 11.7. The van der Waals surface area contributed by atoms with E-state index < -0.39 is 17.9 Å².